The van der Waals surface area contributed by atoms with Crippen molar-refractivity contribution in [3.63, 3.8) is 0 Å². The van der Waals surface area contributed by atoms with Gasteiger partial charge in [-0.1, -0.05) is 13.7 Å². The fraction of sp³-hybridized carbons (Fsp3) is 0.429. The highest BCUT2D eigenvalue weighted by molar-refractivity contribution is 9.10. The predicted molar refractivity (Wildman–Crippen MR) is 48.2 cm³/mol. The number of nitrogen functional groups attached to an aromatic ring is 1. The van der Waals surface area contributed by atoms with Gasteiger partial charge in [0.2, 0.25) is 0 Å². The van der Waals surface area contributed by atoms with E-state index < -0.39 is 25.3 Å². The molecule has 0 radical (unpaired) electrons. The minimum atomic E-state index is -3.08. The van der Waals surface area contributed by atoms with Gasteiger partial charge in [0.25, 0.3) is 0 Å². The molecule has 3 nitrogen and oxygen atoms in total. The zero-order valence-electron chi connectivity index (χ0n) is 12.4. The Kier molecular flexibility index (Phi) is 0.869. The Morgan fingerprint density at radius 1 is 1.82 bits per heavy atom. The molecule has 0 unspecified atom stereocenters. The summed E-state index contributed by atoms with van der Waals surface area (Å²) < 4.78 is 51.5. The van der Waals surface area contributed by atoms with Crippen molar-refractivity contribution >= 4 is 21.7 Å². The lowest BCUT2D eigenvalue weighted by atomic mass is 10.1. The Labute approximate surface area is 84.0 Å². The van der Waals surface area contributed by atoms with E-state index in [0.717, 1.165) is 6.20 Å². The molecule has 0 atom stereocenters. The lowest BCUT2D eigenvalue weighted by Gasteiger charge is -2.04. The molecule has 2 N–H and O–H groups in total. The second-order valence-corrected chi connectivity index (χ2v) is 2.56. The highest BCUT2D eigenvalue weighted by Crippen LogP contribution is 2.17. The molecule has 0 saturated heterocycles. The molecule has 0 spiro atoms. The summed E-state index contributed by atoms with van der Waals surface area (Å²) in [6.07, 6.45) is 0.895. The van der Waals surface area contributed by atoms with Crippen molar-refractivity contribution in [2.75, 3.05) is 5.73 Å². The first kappa shape index (κ1) is 3.01. The van der Waals surface area contributed by atoms with Gasteiger partial charge < -0.3 is 5.73 Å². The van der Waals surface area contributed by atoms with Crippen LogP contribution in [0.15, 0.2) is 10.8 Å². The maximum Gasteiger partial charge on any atom is 0.156 e. The van der Waals surface area contributed by atoms with E-state index in [1.165, 1.54) is 0 Å². The van der Waals surface area contributed by atoms with Gasteiger partial charge in [0.15, 0.2) is 5.82 Å². The van der Waals surface area contributed by atoms with Crippen LogP contribution in [0, 0.1) is 0 Å². The second-order valence-electron chi connectivity index (χ2n) is 1.81. The zero-order valence-corrected chi connectivity index (χ0v) is 7.01. The van der Waals surface area contributed by atoms with Gasteiger partial charge in [0.1, 0.15) is 4.60 Å². The summed E-state index contributed by atoms with van der Waals surface area (Å²) in [6.45, 7) is -6.16. The van der Waals surface area contributed by atoms with E-state index in [1.54, 1.807) is 0 Å². The third kappa shape index (κ3) is 1.89. The predicted octanol–water partition coefficient (Wildman–Crippen LogP) is 1.94. The lowest BCUT2D eigenvalue weighted by molar-refractivity contribution is 0.808. The number of aromatic nitrogens is 2. The topological polar surface area (TPSA) is 51.8 Å². The van der Waals surface area contributed by atoms with E-state index in [1.807, 2.05) is 0 Å². The van der Waals surface area contributed by atoms with Crippen molar-refractivity contribution in [1.29, 1.82) is 0 Å². The molecule has 11 heavy (non-hydrogen) atoms. The van der Waals surface area contributed by atoms with Crippen LogP contribution in [0.1, 0.15) is 34.9 Å². The van der Waals surface area contributed by atoms with E-state index in [9.17, 15) is 0 Å². The van der Waals surface area contributed by atoms with Crippen molar-refractivity contribution in [3.8, 4) is 0 Å². The minimum absolute atomic E-state index is 0.00475. The Hall–Kier alpha value is -0.640. The standard InChI is InChI=1S/C7H10BrN3/c1-4(2)5-3-10-7(9)6(8)11-5/h3-4H,1-2H3,(H2,9,10)/i1D3,2D3,4D. The largest absolute Gasteiger partial charge is 0.381 e. The quantitative estimate of drug-likeness (QED) is 0.791. The maximum absolute atomic E-state index is 7.84. The normalized spacial score (nSPS) is 23.2. The molecule has 1 heterocycles. The van der Waals surface area contributed by atoms with Gasteiger partial charge in [-0.25, -0.2) is 9.97 Å². The summed E-state index contributed by atoms with van der Waals surface area (Å²) >= 11 is 2.92. The molecule has 0 aliphatic carbocycles. The molecule has 0 aliphatic rings. The number of rotatable bonds is 1. The van der Waals surface area contributed by atoms with Crippen LogP contribution < -0.4 is 5.73 Å². The van der Waals surface area contributed by atoms with Gasteiger partial charge in [-0.05, 0) is 21.8 Å². The van der Waals surface area contributed by atoms with Gasteiger partial charge in [0.05, 0.1) is 11.9 Å². The minimum Gasteiger partial charge on any atom is -0.381 e. The van der Waals surface area contributed by atoms with Crippen LogP contribution in [0.2, 0.25) is 0 Å². The first-order valence-electron chi connectivity index (χ1n) is 6.20. The van der Waals surface area contributed by atoms with Gasteiger partial charge in [-0.2, -0.15) is 0 Å². The summed E-state index contributed by atoms with van der Waals surface area (Å²) in [7, 11) is 0. The highest BCUT2D eigenvalue weighted by Gasteiger charge is 2.03. The molecule has 0 amide bonds. The molecule has 0 aliphatic heterocycles. The summed E-state index contributed by atoms with van der Waals surface area (Å²) in [5.74, 6) is -2.87. The Balaban J connectivity index is 3.51. The number of anilines is 1. The first-order chi connectivity index (χ1) is 7.91. The average molecular weight is 223 g/mol. The molecular formula is C7H10BrN3. The van der Waals surface area contributed by atoms with Gasteiger partial charge in [0, 0.05) is 9.60 Å². The average Bonchev–Trinajstić information content (AvgIpc) is 2.17. The van der Waals surface area contributed by atoms with E-state index >= 15 is 0 Å². The highest BCUT2D eigenvalue weighted by atomic mass is 79.9. The zero-order chi connectivity index (χ0) is 14.4. The van der Waals surface area contributed by atoms with Crippen molar-refractivity contribution in [2.24, 2.45) is 0 Å². The number of nitrogens with two attached hydrogens (primary N) is 1. The fourth-order valence-corrected chi connectivity index (χ4v) is 0.790. The van der Waals surface area contributed by atoms with E-state index in [2.05, 4.69) is 25.9 Å². The fourth-order valence-electron chi connectivity index (χ4n) is 0.496. The van der Waals surface area contributed by atoms with Crippen LogP contribution >= 0.6 is 15.9 Å². The van der Waals surface area contributed by atoms with Crippen LogP contribution in [0.3, 0.4) is 0 Å². The third-order valence-corrected chi connectivity index (χ3v) is 1.60. The van der Waals surface area contributed by atoms with Crippen molar-refractivity contribution in [2.45, 2.75) is 19.6 Å². The number of hydrogen-bond donors (Lipinski definition) is 1. The maximum atomic E-state index is 7.84. The van der Waals surface area contributed by atoms with Gasteiger partial charge in [-0.15, -0.1) is 0 Å². The Morgan fingerprint density at radius 2 is 2.55 bits per heavy atom. The monoisotopic (exact) mass is 222 g/mol. The molecular weight excluding hydrogens is 206 g/mol. The summed E-state index contributed by atoms with van der Waals surface area (Å²) in [5.41, 5.74) is 4.90. The molecule has 1 aromatic rings. The van der Waals surface area contributed by atoms with Crippen LogP contribution in [0.4, 0.5) is 5.82 Å². The Bertz CT molecular complexity index is 441. The smallest absolute Gasteiger partial charge is 0.156 e. The number of halogens is 1. The molecule has 0 aromatic carbocycles. The van der Waals surface area contributed by atoms with Gasteiger partial charge >= 0.3 is 0 Å². The number of nitrogens with zero attached hydrogens (tertiary/aromatic N) is 2. The van der Waals surface area contributed by atoms with Crippen molar-refractivity contribution < 1.29 is 9.60 Å². The van der Waals surface area contributed by atoms with E-state index in [4.69, 9.17) is 15.3 Å². The molecule has 0 saturated carbocycles. The molecule has 1 aromatic heterocycles. The van der Waals surface area contributed by atoms with Crippen LogP contribution in [0.5, 0.6) is 0 Å². The SMILES string of the molecule is [2H]C([2H])([2H])C([2H])(c1cnc(N)c(Br)n1)C([2H])([2H])[2H]. The second kappa shape index (κ2) is 3.17. The van der Waals surface area contributed by atoms with E-state index in [-0.39, 0.29) is 10.4 Å². The Morgan fingerprint density at radius 3 is 3.09 bits per heavy atom. The molecule has 4 heteroatoms. The summed E-state index contributed by atoms with van der Waals surface area (Å²) in [4.78, 5) is 7.32. The molecule has 60 valence electrons. The first-order valence-corrected chi connectivity index (χ1v) is 3.49. The third-order valence-electron chi connectivity index (χ3n) is 1.01. The number of hydrogen-bond acceptors (Lipinski definition) is 3. The van der Waals surface area contributed by atoms with Crippen molar-refractivity contribution in [3.05, 3.63) is 16.5 Å². The van der Waals surface area contributed by atoms with Crippen LogP contribution in [-0.4, -0.2) is 9.97 Å². The lowest BCUT2D eigenvalue weighted by Crippen LogP contribution is -1.99. The molecule has 1 rings (SSSR count). The van der Waals surface area contributed by atoms with Gasteiger partial charge in [-0.3, -0.25) is 0 Å². The summed E-state index contributed by atoms with van der Waals surface area (Å²) in [6, 6.07) is 0. The molecule has 0 bridgehead atoms. The van der Waals surface area contributed by atoms with Crippen LogP contribution in [-0.2, 0) is 0 Å². The molecule has 0 fully saturated rings. The van der Waals surface area contributed by atoms with Crippen LogP contribution in [0.25, 0.3) is 0 Å². The summed E-state index contributed by atoms with van der Waals surface area (Å²) in [5, 5.41) is 0. The van der Waals surface area contributed by atoms with Crippen molar-refractivity contribution in [1.82, 2.24) is 9.97 Å². The van der Waals surface area contributed by atoms with E-state index in [0.29, 0.717) is 0 Å².